The van der Waals surface area contributed by atoms with Crippen molar-refractivity contribution in [3.05, 3.63) is 0 Å². The van der Waals surface area contributed by atoms with Gasteiger partial charge in [0.15, 0.2) is 6.10 Å². The molecular formula is C15H26N2O3. The summed E-state index contributed by atoms with van der Waals surface area (Å²) in [5, 5.41) is 21.3. The summed E-state index contributed by atoms with van der Waals surface area (Å²) in [7, 11) is 0. The Morgan fingerprint density at radius 1 is 1.40 bits per heavy atom. The normalized spacial score (nSPS) is 19.8. The number of nitrogens with one attached hydrogen (secondary N) is 1. The maximum absolute atomic E-state index is 11.8. The summed E-state index contributed by atoms with van der Waals surface area (Å²) in [5.74, 6) is 0.465. The molecule has 0 aromatic rings. The Labute approximate surface area is 121 Å². The molecule has 2 N–H and O–H groups in total. The number of nitrogens with zero attached hydrogens (tertiary/aromatic N) is 1. The molecule has 0 spiro atoms. The first kappa shape index (κ1) is 16.8. The number of ether oxygens (including phenoxy) is 1. The highest BCUT2D eigenvalue weighted by Crippen LogP contribution is 2.28. The van der Waals surface area contributed by atoms with Crippen molar-refractivity contribution in [2.24, 2.45) is 5.92 Å². The minimum absolute atomic E-state index is 0.465. The van der Waals surface area contributed by atoms with Crippen LogP contribution in [0.15, 0.2) is 0 Å². The predicted octanol–water partition coefficient (Wildman–Crippen LogP) is 2.73. The van der Waals surface area contributed by atoms with Crippen LogP contribution in [0.1, 0.15) is 59.3 Å². The second-order valence-electron chi connectivity index (χ2n) is 6.57. The van der Waals surface area contributed by atoms with Crippen molar-refractivity contribution >= 4 is 6.09 Å². The summed E-state index contributed by atoms with van der Waals surface area (Å²) in [5.41, 5.74) is -0.586. The second kappa shape index (κ2) is 7.49. The monoisotopic (exact) mass is 282 g/mol. The van der Waals surface area contributed by atoms with E-state index in [1.807, 2.05) is 6.07 Å². The van der Waals surface area contributed by atoms with Crippen LogP contribution in [0.2, 0.25) is 0 Å². The maximum atomic E-state index is 11.8. The molecule has 5 heteroatoms. The van der Waals surface area contributed by atoms with Crippen LogP contribution in [-0.2, 0) is 4.74 Å². The molecular weight excluding hydrogens is 256 g/mol. The fraction of sp³-hybridized carbons (Fsp3) is 0.867. The van der Waals surface area contributed by atoms with Gasteiger partial charge in [-0.25, -0.2) is 4.79 Å². The van der Waals surface area contributed by atoms with Crippen LogP contribution in [0.4, 0.5) is 4.79 Å². The van der Waals surface area contributed by atoms with Gasteiger partial charge in [0, 0.05) is 0 Å². The summed E-state index contributed by atoms with van der Waals surface area (Å²) in [6.07, 6.45) is 4.70. The van der Waals surface area contributed by atoms with Crippen LogP contribution in [0.5, 0.6) is 0 Å². The summed E-state index contributed by atoms with van der Waals surface area (Å²) >= 11 is 0. The SMILES string of the molecule is CC(C)(C)OC(=O)N[C@@H](CC1CCCCC1)C(O)C#N. The van der Waals surface area contributed by atoms with Gasteiger partial charge in [0.05, 0.1) is 12.1 Å². The molecule has 1 aliphatic rings. The smallest absolute Gasteiger partial charge is 0.407 e. The average molecular weight is 282 g/mol. The minimum atomic E-state index is -1.19. The average Bonchev–Trinajstić information content (AvgIpc) is 2.36. The third kappa shape index (κ3) is 6.25. The zero-order valence-corrected chi connectivity index (χ0v) is 12.7. The van der Waals surface area contributed by atoms with Crippen molar-refractivity contribution in [1.29, 1.82) is 5.26 Å². The molecule has 1 rings (SSSR count). The van der Waals surface area contributed by atoms with Crippen LogP contribution in [0.25, 0.3) is 0 Å². The number of carbonyl (C=O) groups is 1. The van der Waals surface area contributed by atoms with Crippen LogP contribution in [0.3, 0.4) is 0 Å². The maximum Gasteiger partial charge on any atom is 0.407 e. The van der Waals surface area contributed by atoms with Gasteiger partial charge in [-0.15, -0.1) is 0 Å². The largest absolute Gasteiger partial charge is 0.444 e. The molecule has 1 aliphatic carbocycles. The Morgan fingerprint density at radius 3 is 2.50 bits per heavy atom. The van der Waals surface area contributed by atoms with E-state index in [0.717, 1.165) is 12.8 Å². The summed E-state index contributed by atoms with van der Waals surface area (Å²) in [6, 6.07) is 1.25. The highest BCUT2D eigenvalue weighted by atomic mass is 16.6. The van der Waals surface area contributed by atoms with Crippen LogP contribution in [-0.4, -0.2) is 28.9 Å². The molecule has 0 aromatic heterocycles. The van der Waals surface area contributed by atoms with Crippen molar-refractivity contribution in [1.82, 2.24) is 5.32 Å². The van der Waals surface area contributed by atoms with Crippen molar-refractivity contribution < 1.29 is 14.6 Å². The highest BCUT2D eigenvalue weighted by Gasteiger charge is 2.27. The Kier molecular flexibility index (Phi) is 6.28. The highest BCUT2D eigenvalue weighted by molar-refractivity contribution is 5.68. The predicted molar refractivity (Wildman–Crippen MR) is 76.0 cm³/mol. The van der Waals surface area contributed by atoms with E-state index in [1.165, 1.54) is 19.3 Å². The number of hydrogen-bond acceptors (Lipinski definition) is 4. The number of hydrogen-bond donors (Lipinski definition) is 2. The lowest BCUT2D eigenvalue weighted by atomic mass is 9.84. The first-order valence-corrected chi connectivity index (χ1v) is 7.39. The van der Waals surface area contributed by atoms with E-state index in [0.29, 0.717) is 12.3 Å². The molecule has 0 radical (unpaired) electrons. The standard InChI is InChI=1S/C15H26N2O3/c1-15(2,3)20-14(19)17-12(13(18)10-16)9-11-7-5-4-6-8-11/h11-13,18H,4-9H2,1-3H3,(H,17,19)/t12-,13?/m0/s1. The van der Waals surface area contributed by atoms with Crippen LogP contribution in [0, 0.1) is 17.2 Å². The number of nitriles is 1. The fourth-order valence-corrected chi connectivity index (χ4v) is 2.60. The first-order chi connectivity index (χ1) is 9.31. The van der Waals surface area contributed by atoms with Gasteiger partial charge < -0.3 is 15.2 Å². The van der Waals surface area contributed by atoms with Crippen molar-refractivity contribution in [3.63, 3.8) is 0 Å². The molecule has 0 aliphatic heterocycles. The Balaban J connectivity index is 2.55. The summed E-state index contributed by atoms with van der Waals surface area (Å²) in [4.78, 5) is 11.8. The number of rotatable bonds is 4. The fourth-order valence-electron chi connectivity index (χ4n) is 2.60. The lowest BCUT2D eigenvalue weighted by Crippen LogP contribution is -2.46. The summed E-state index contributed by atoms with van der Waals surface area (Å²) < 4.78 is 5.18. The van der Waals surface area contributed by atoms with Gasteiger partial charge in [-0.2, -0.15) is 5.26 Å². The third-order valence-corrected chi connectivity index (χ3v) is 3.53. The molecule has 1 amide bonds. The lowest BCUT2D eigenvalue weighted by Gasteiger charge is -2.29. The van der Waals surface area contributed by atoms with Crippen LogP contribution < -0.4 is 5.32 Å². The zero-order valence-electron chi connectivity index (χ0n) is 12.7. The Hall–Kier alpha value is -1.28. The van der Waals surface area contributed by atoms with E-state index in [9.17, 15) is 9.90 Å². The summed E-state index contributed by atoms with van der Waals surface area (Å²) in [6.45, 7) is 5.34. The molecule has 114 valence electrons. The molecule has 5 nitrogen and oxygen atoms in total. The zero-order chi connectivity index (χ0) is 15.2. The molecule has 1 fully saturated rings. The van der Waals surface area contributed by atoms with E-state index in [4.69, 9.17) is 10.00 Å². The van der Waals surface area contributed by atoms with E-state index < -0.39 is 23.8 Å². The van der Waals surface area contributed by atoms with Crippen molar-refractivity contribution in [2.75, 3.05) is 0 Å². The number of aliphatic hydroxyl groups excluding tert-OH is 1. The van der Waals surface area contributed by atoms with Crippen molar-refractivity contribution in [2.45, 2.75) is 77.0 Å². The molecule has 2 atom stereocenters. The van der Waals surface area contributed by atoms with E-state index >= 15 is 0 Å². The second-order valence-corrected chi connectivity index (χ2v) is 6.57. The van der Waals surface area contributed by atoms with Gasteiger partial charge in [-0.05, 0) is 33.1 Å². The number of aliphatic hydroxyl groups is 1. The first-order valence-electron chi connectivity index (χ1n) is 7.39. The topological polar surface area (TPSA) is 82.3 Å². The van der Waals surface area contributed by atoms with Crippen molar-refractivity contribution in [3.8, 4) is 6.07 Å². The quantitative estimate of drug-likeness (QED) is 0.777. The Morgan fingerprint density at radius 2 is 2.00 bits per heavy atom. The van der Waals surface area contributed by atoms with Gasteiger partial charge >= 0.3 is 6.09 Å². The number of carbonyl (C=O) groups excluding carboxylic acids is 1. The molecule has 1 saturated carbocycles. The van der Waals surface area contributed by atoms with Gasteiger partial charge in [0.1, 0.15) is 5.60 Å². The minimum Gasteiger partial charge on any atom is -0.444 e. The lowest BCUT2D eigenvalue weighted by molar-refractivity contribution is 0.0438. The van der Waals surface area contributed by atoms with Gasteiger partial charge in [0.2, 0.25) is 0 Å². The third-order valence-electron chi connectivity index (χ3n) is 3.53. The molecule has 20 heavy (non-hydrogen) atoms. The molecule has 0 bridgehead atoms. The van der Waals surface area contributed by atoms with E-state index in [-0.39, 0.29) is 0 Å². The Bertz CT molecular complexity index is 351. The molecule has 0 heterocycles. The van der Waals surface area contributed by atoms with Crippen LogP contribution >= 0.6 is 0 Å². The molecule has 0 aromatic carbocycles. The van der Waals surface area contributed by atoms with E-state index in [1.54, 1.807) is 20.8 Å². The van der Waals surface area contributed by atoms with Gasteiger partial charge in [-0.1, -0.05) is 32.1 Å². The van der Waals surface area contributed by atoms with Gasteiger partial charge in [-0.3, -0.25) is 0 Å². The number of alkyl carbamates (subject to hydrolysis) is 1. The molecule has 1 unspecified atom stereocenters. The van der Waals surface area contributed by atoms with Gasteiger partial charge in [0.25, 0.3) is 0 Å². The van der Waals surface area contributed by atoms with E-state index in [2.05, 4.69) is 5.32 Å². The molecule has 0 saturated heterocycles. The number of amides is 1.